The normalized spacial score (nSPS) is 10.9. The Bertz CT molecular complexity index is 475. The Morgan fingerprint density at radius 1 is 0.941 bits per heavy atom. The molecule has 2 heterocycles. The molecule has 0 aliphatic carbocycles. The van der Waals surface area contributed by atoms with E-state index in [2.05, 4.69) is 9.97 Å². The maximum atomic E-state index is 11.6. The molecule has 6 nitrogen and oxygen atoms in total. The number of rotatable bonds is 4. The van der Waals surface area contributed by atoms with Gasteiger partial charge >= 0.3 is 7.82 Å². The van der Waals surface area contributed by atoms with E-state index in [1.54, 1.807) is 24.3 Å². The van der Waals surface area contributed by atoms with Crippen molar-refractivity contribution in [3.8, 4) is 11.8 Å². The van der Waals surface area contributed by atoms with Gasteiger partial charge in [0.2, 0.25) is 11.8 Å². The zero-order chi connectivity index (χ0) is 12.1. The van der Waals surface area contributed by atoms with Crippen LogP contribution in [0.3, 0.4) is 0 Å². The summed E-state index contributed by atoms with van der Waals surface area (Å²) in [6.07, 6.45) is 2.88. The Morgan fingerprint density at radius 3 is 1.76 bits per heavy atom. The van der Waals surface area contributed by atoms with Gasteiger partial charge in [-0.25, -0.2) is 14.5 Å². The van der Waals surface area contributed by atoms with Crippen LogP contribution in [0.25, 0.3) is 0 Å². The summed E-state index contributed by atoms with van der Waals surface area (Å²) in [5, 5.41) is 0. The van der Waals surface area contributed by atoms with E-state index >= 15 is 0 Å². The van der Waals surface area contributed by atoms with Crippen molar-refractivity contribution in [3.63, 3.8) is 0 Å². The smallest absolute Gasteiger partial charge is 0.377 e. The Kier molecular flexibility index (Phi) is 3.37. The highest BCUT2D eigenvalue weighted by molar-refractivity contribution is 7.48. The second kappa shape index (κ2) is 4.95. The third kappa shape index (κ3) is 3.55. The minimum Gasteiger partial charge on any atom is -0.377 e. The SMILES string of the molecule is O=P(O)(Oc1ccccn1)Oc1ccccn1. The highest BCUT2D eigenvalue weighted by Gasteiger charge is 2.26. The summed E-state index contributed by atoms with van der Waals surface area (Å²) >= 11 is 0. The van der Waals surface area contributed by atoms with Gasteiger partial charge in [-0.2, -0.15) is 0 Å². The van der Waals surface area contributed by atoms with E-state index in [0.29, 0.717) is 0 Å². The molecule has 2 rings (SSSR count). The second-order valence-electron chi connectivity index (χ2n) is 2.99. The van der Waals surface area contributed by atoms with Gasteiger partial charge in [-0.05, 0) is 12.1 Å². The molecule has 0 atom stereocenters. The van der Waals surface area contributed by atoms with Crippen LogP contribution in [0.5, 0.6) is 11.8 Å². The van der Waals surface area contributed by atoms with Gasteiger partial charge in [-0.1, -0.05) is 12.1 Å². The number of pyridine rings is 2. The Balaban J connectivity index is 2.07. The van der Waals surface area contributed by atoms with Gasteiger partial charge in [0.15, 0.2) is 0 Å². The van der Waals surface area contributed by atoms with Crippen molar-refractivity contribution >= 4 is 7.82 Å². The lowest BCUT2D eigenvalue weighted by Crippen LogP contribution is -2.01. The average molecular weight is 252 g/mol. The standard InChI is InChI=1S/C10H9N2O4P/c13-17(14,15-9-5-1-3-7-11-9)16-10-6-2-4-8-12-10/h1-8H,(H,13,14). The lowest BCUT2D eigenvalue weighted by atomic mass is 10.5. The largest absolute Gasteiger partial charge is 0.587 e. The minimum absolute atomic E-state index is 0.00858. The average Bonchev–Trinajstić information content (AvgIpc) is 2.30. The molecule has 0 unspecified atom stereocenters. The molecule has 0 aromatic carbocycles. The van der Waals surface area contributed by atoms with Crippen LogP contribution in [0, 0.1) is 0 Å². The van der Waals surface area contributed by atoms with Crippen molar-refractivity contribution in [1.82, 2.24) is 9.97 Å². The molecule has 0 saturated carbocycles. The summed E-state index contributed by atoms with van der Waals surface area (Å²) in [6, 6.07) is 9.48. The summed E-state index contributed by atoms with van der Waals surface area (Å²) in [6.45, 7) is 0. The van der Waals surface area contributed by atoms with Crippen molar-refractivity contribution in [3.05, 3.63) is 48.8 Å². The number of phosphoric ester groups is 1. The fraction of sp³-hybridized carbons (Fsp3) is 0. The van der Waals surface area contributed by atoms with Crippen molar-refractivity contribution in [2.75, 3.05) is 0 Å². The van der Waals surface area contributed by atoms with Crippen LogP contribution in [0.1, 0.15) is 0 Å². The summed E-state index contributed by atoms with van der Waals surface area (Å²) in [7, 11) is -4.26. The second-order valence-corrected chi connectivity index (χ2v) is 4.29. The molecular formula is C10H9N2O4P. The molecule has 0 amide bonds. The Morgan fingerprint density at radius 2 is 1.41 bits per heavy atom. The molecular weight excluding hydrogens is 243 g/mol. The zero-order valence-electron chi connectivity index (χ0n) is 8.63. The molecule has 0 spiro atoms. The molecule has 0 bridgehead atoms. The minimum atomic E-state index is -4.26. The van der Waals surface area contributed by atoms with Crippen molar-refractivity contribution in [2.45, 2.75) is 0 Å². The molecule has 17 heavy (non-hydrogen) atoms. The quantitative estimate of drug-likeness (QED) is 0.838. The molecule has 0 radical (unpaired) electrons. The van der Waals surface area contributed by atoms with Crippen molar-refractivity contribution in [2.24, 2.45) is 0 Å². The van der Waals surface area contributed by atoms with Gasteiger partial charge in [0, 0.05) is 24.5 Å². The molecule has 2 aromatic rings. The number of hydrogen-bond acceptors (Lipinski definition) is 5. The number of aromatic nitrogens is 2. The Labute approximate surface area is 97.5 Å². The van der Waals surface area contributed by atoms with Crippen LogP contribution < -0.4 is 9.05 Å². The van der Waals surface area contributed by atoms with E-state index < -0.39 is 7.82 Å². The van der Waals surface area contributed by atoms with E-state index in [-0.39, 0.29) is 11.8 Å². The topological polar surface area (TPSA) is 81.5 Å². The summed E-state index contributed by atoms with van der Waals surface area (Å²) < 4.78 is 21.1. The first-order chi connectivity index (χ1) is 8.16. The van der Waals surface area contributed by atoms with Crippen LogP contribution in [-0.2, 0) is 4.57 Å². The molecule has 1 N–H and O–H groups in total. The first kappa shape index (κ1) is 11.6. The van der Waals surface area contributed by atoms with Crippen LogP contribution in [0.2, 0.25) is 0 Å². The van der Waals surface area contributed by atoms with Crippen LogP contribution in [-0.4, -0.2) is 14.9 Å². The molecule has 7 heteroatoms. The number of phosphoric acid groups is 1. The molecule has 0 aliphatic heterocycles. The summed E-state index contributed by atoms with van der Waals surface area (Å²) in [5.74, 6) is 0.0172. The lowest BCUT2D eigenvalue weighted by molar-refractivity contribution is 0.283. The maximum Gasteiger partial charge on any atom is 0.587 e. The fourth-order valence-electron chi connectivity index (χ4n) is 1.06. The van der Waals surface area contributed by atoms with Gasteiger partial charge in [0.05, 0.1) is 0 Å². The fourth-order valence-corrected chi connectivity index (χ4v) is 1.78. The first-order valence-corrected chi connectivity index (χ1v) is 6.19. The highest BCUT2D eigenvalue weighted by Crippen LogP contribution is 2.42. The van der Waals surface area contributed by atoms with E-state index in [0.717, 1.165) is 0 Å². The van der Waals surface area contributed by atoms with Crippen LogP contribution >= 0.6 is 7.82 Å². The maximum absolute atomic E-state index is 11.6. The van der Waals surface area contributed by atoms with Gasteiger partial charge in [0.1, 0.15) is 0 Å². The molecule has 88 valence electrons. The van der Waals surface area contributed by atoms with Crippen LogP contribution in [0.4, 0.5) is 0 Å². The predicted molar refractivity (Wildman–Crippen MR) is 59.6 cm³/mol. The Hall–Kier alpha value is -1.91. The van der Waals surface area contributed by atoms with E-state index in [1.807, 2.05) is 0 Å². The molecule has 0 saturated heterocycles. The van der Waals surface area contributed by atoms with E-state index in [4.69, 9.17) is 9.05 Å². The third-order valence-corrected chi connectivity index (χ3v) is 2.53. The summed E-state index contributed by atoms with van der Waals surface area (Å²) in [4.78, 5) is 17.0. The third-order valence-electron chi connectivity index (χ3n) is 1.69. The van der Waals surface area contributed by atoms with Crippen molar-refractivity contribution < 1.29 is 18.5 Å². The van der Waals surface area contributed by atoms with Crippen LogP contribution in [0.15, 0.2) is 48.8 Å². The van der Waals surface area contributed by atoms with Gasteiger partial charge < -0.3 is 9.05 Å². The van der Waals surface area contributed by atoms with E-state index in [9.17, 15) is 9.46 Å². The zero-order valence-corrected chi connectivity index (χ0v) is 9.53. The van der Waals surface area contributed by atoms with E-state index in [1.165, 1.54) is 24.5 Å². The molecule has 2 aromatic heterocycles. The van der Waals surface area contributed by atoms with Gasteiger partial charge in [-0.15, -0.1) is 0 Å². The number of nitrogens with zero attached hydrogens (tertiary/aromatic N) is 2. The highest BCUT2D eigenvalue weighted by atomic mass is 31.2. The number of hydrogen-bond donors (Lipinski definition) is 1. The molecule has 0 fully saturated rings. The predicted octanol–water partition coefficient (Wildman–Crippen LogP) is 2.03. The lowest BCUT2D eigenvalue weighted by Gasteiger charge is -2.11. The monoisotopic (exact) mass is 252 g/mol. The summed E-state index contributed by atoms with van der Waals surface area (Å²) in [5.41, 5.74) is 0. The first-order valence-electron chi connectivity index (χ1n) is 4.70. The van der Waals surface area contributed by atoms with Gasteiger partial charge in [-0.3, -0.25) is 4.89 Å². The molecule has 0 aliphatic rings. The van der Waals surface area contributed by atoms with Crippen molar-refractivity contribution in [1.29, 1.82) is 0 Å². The van der Waals surface area contributed by atoms with Gasteiger partial charge in [0.25, 0.3) is 0 Å².